The van der Waals surface area contributed by atoms with Gasteiger partial charge in [-0.05, 0) is 18.8 Å². The van der Waals surface area contributed by atoms with Gasteiger partial charge >= 0.3 is 0 Å². The Hall–Kier alpha value is -0.380. The maximum absolute atomic E-state index is 11.3. The van der Waals surface area contributed by atoms with Crippen LogP contribution in [0.15, 0.2) is 0 Å². The predicted molar refractivity (Wildman–Crippen MR) is 62.6 cm³/mol. The fraction of sp³-hybridized carbons (Fsp3) is 0.909. The van der Waals surface area contributed by atoms with Crippen molar-refractivity contribution in [1.29, 1.82) is 0 Å². The van der Waals surface area contributed by atoms with Crippen molar-refractivity contribution in [2.24, 2.45) is 5.92 Å². The van der Waals surface area contributed by atoms with E-state index in [9.17, 15) is 13.2 Å². The standard InChI is InChI=1S/C11H22O3S/c1-4-15(13,14)9-5-6-11(12)8-7-10(2)3/h10H,4-9H2,1-3H3. The first kappa shape index (κ1) is 14.6. The summed E-state index contributed by atoms with van der Waals surface area (Å²) in [7, 11) is -2.90. The molecule has 0 saturated carbocycles. The second-order valence-corrected chi connectivity index (χ2v) is 6.78. The van der Waals surface area contributed by atoms with Gasteiger partial charge in [-0.3, -0.25) is 4.79 Å². The third kappa shape index (κ3) is 8.60. The SMILES string of the molecule is CCS(=O)(=O)CCCC(=O)CCC(C)C. The van der Waals surface area contributed by atoms with Gasteiger partial charge in [-0.15, -0.1) is 0 Å². The minimum atomic E-state index is -2.90. The van der Waals surface area contributed by atoms with Gasteiger partial charge in [0.25, 0.3) is 0 Å². The molecule has 0 aliphatic rings. The summed E-state index contributed by atoms with van der Waals surface area (Å²) in [5, 5.41) is 0. The fourth-order valence-corrected chi connectivity index (χ4v) is 2.08. The van der Waals surface area contributed by atoms with Crippen molar-refractivity contribution in [2.45, 2.75) is 46.5 Å². The topological polar surface area (TPSA) is 51.2 Å². The van der Waals surface area contributed by atoms with Crippen LogP contribution < -0.4 is 0 Å². The van der Waals surface area contributed by atoms with Crippen molar-refractivity contribution in [2.75, 3.05) is 11.5 Å². The maximum atomic E-state index is 11.3. The molecule has 0 rings (SSSR count). The zero-order chi connectivity index (χ0) is 11.9. The van der Waals surface area contributed by atoms with Gasteiger partial charge in [-0.1, -0.05) is 20.8 Å². The van der Waals surface area contributed by atoms with Crippen molar-refractivity contribution in [3.63, 3.8) is 0 Å². The number of hydrogen-bond acceptors (Lipinski definition) is 3. The molecule has 0 atom stereocenters. The summed E-state index contributed by atoms with van der Waals surface area (Å²) in [6.45, 7) is 5.79. The molecule has 4 heteroatoms. The molecule has 0 unspecified atom stereocenters. The molecule has 15 heavy (non-hydrogen) atoms. The number of carbonyl (C=O) groups excluding carboxylic acids is 1. The lowest BCUT2D eigenvalue weighted by Gasteiger charge is -2.04. The van der Waals surface area contributed by atoms with Gasteiger partial charge in [0.05, 0.1) is 5.75 Å². The minimum absolute atomic E-state index is 0.150. The normalized spacial score (nSPS) is 12.0. The van der Waals surface area contributed by atoms with Crippen LogP contribution in [0.3, 0.4) is 0 Å². The minimum Gasteiger partial charge on any atom is -0.300 e. The number of hydrogen-bond donors (Lipinski definition) is 0. The highest BCUT2D eigenvalue weighted by Crippen LogP contribution is 2.07. The van der Waals surface area contributed by atoms with Crippen LogP contribution in [0.25, 0.3) is 0 Å². The van der Waals surface area contributed by atoms with E-state index in [0.29, 0.717) is 25.2 Å². The Morgan fingerprint density at radius 2 is 1.80 bits per heavy atom. The van der Waals surface area contributed by atoms with E-state index in [2.05, 4.69) is 13.8 Å². The second-order valence-electron chi connectivity index (χ2n) is 4.31. The summed E-state index contributed by atoms with van der Waals surface area (Å²) in [6, 6.07) is 0. The van der Waals surface area contributed by atoms with Gasteiger partial charge in [0.2, 0.25) is 0 Å². The van der Waals surface area contributed by atoms with Crippen LogP contribution >= 0.6 is 0 Å². The number of rotatable bonds is 8. The highest BCUT2D eigenvalue weighted by atomic mass is 32.2. The molecule has 0 heterocycles. The number of sulfone groups is 1. The lowest BCUT2D eigenvalue weighted by atomic mass is 10.0. The first-order chi connectivity index (χ1) is 6.87. The summed E-state index contributed by atoms with van der Waals surface area (Å²) in [5.41, 5.74) is 0. The molecule has 0 aliphatic heterocycles. The van der Waals surface area contributed by atoms with E-state index >= 15 is 0 Å². The van der Waals surface area contributed by atoms with E-state index in [0.717, 1.165) is 6.42 Å². The first-order valence-electron chi connectivity index (χ1n) is 5.59. The molecule has 0 bridgehead atoms. The molecule has 90 valence electrons. The summed E-state index contributed by atoms with van der Waals surface area (Å²) in [5.74, 6) is 1.05. The average molecular weight is 234 g/mol. The van der Waals surface area contributed by atoms with E-state index in [4.69, 9.17) is 0 Å². The molecule has 0 fully saturated rings. The highest BCUT2D eigenvalue weighted by molar-refractivity contribution is 7.91. The number of ketones is 1. The largest absolute Gasteiger partial charge is 0.300 e. The maximum Gasteiger partial charge on any atom is 0.150 e. The molecule has 0 amide bonds. The van der Waals surface area contributed by atoms with E-state index in [-0.39, 0.29) is 17.3 Å². The highest BCUT2D eigenvalue weighted by Gasteiger charge is 2.09. The summed E-state index contributed by atoms with van der Waals surface area (Å²) >= 11 is 0. The van der Waals surface area contributed by atoms with Crippen molar-refractivity contribution in [1.82, 2.24) is 0 Å². The molecule has 3 nitrogen and oxygen atoms in total. The summed E-state index contributed by atoms with van der Waals surface area (Å²) in [6.07, 6.45) is 2.38. The Kier molecular flexibility index (Phi) is 6.81. The van der Waals surface area contributed by atoms with Gasteiger partial charge in [-0.2, -0.15) is 0 Å². The number of carbonyl (C=O) groups is 1. The predicted octanol–water partition coefficient (Wildman–Crippen LogP) is 2.21. The third-order valence-corrected chi connectivity index (χ3v) is 4.14. The van der Waals surface area contributed by atoms with E-state index in [1.807, 2.05) is 0 Å². The van der Waals surface area contributed by atoms with Crippen LogP contribution in [0.2, 0.25) is 0 Å². The average Bonchev–Trinajstić information content (AvgIpc) is 2.14. The zero-order valence-corrected chi connectivity index (χ0v) is 10.8. The molecule has 0 saturated heterocycles. The Morgan fingerprint density at radius 1 is 1.20 bits per heavy atom. The third-order valence-electron chi connectivity index (χ3n) is 2.35. The molecule has 0 N–H and O–H groups in total. The molecule has 0 aliphatic carbocycles. The fourth-order valence-electron chi connectivity index (χ4n) is 1.21. The van der Waals surface area contributed by atoms with Crippen LogP contribution in [-0.4, -0.2) is 25.7 Å². The van der Waals surface area contributed by atoms with Gasteiger partial charge in [0.15, 0.2) is 0 Å². The Balaban J connectivity index is 3.65. The second kappa shape index (κ2) is 6.99. The van der Waals surface area contributed by atoms with E-state index in [1.165, 1.54) is 0 Å². The summed E-state index contributed by atoms with van der Waals surface area (Å²) in [4.78, 5) is 11.3. The van der Waals surface area contributed by atoms with Crippen molar-refractivity contribution < 1.29 is 13.2 Å². The Morgan fingerprint density at radius 3 is 2.27 bits per heavy atom. The van der Waals surface area contributed by atoms with Gasteiger partial charge in [-0.25, -0.2) is 8.42 Å². The van der Waals surface area contributed by atoms with Crippen LogP contribution in [0.4, 0.5) is 0 Å². The van der Waals surface area contributed by atoms with Crippen molar-refractivity contribution in [3.05, 3.63) is 0 Å². The van der Waals surface area contributed by atoms with E-state index < -0.39 is 9.84 Å². The van der Waals surface area contributed by atoms with Crippen LogP contribution in [0.1, 0.15) is 46.5 Å². The van der Waals surface area contributed by atoms with Crippen molar-refractivity contribution >= 4 is 15.6 Å². The van der Waals surface area contributed by atoms with Crippen LogP contribution in [0, 0.1) is 5.92 Å². The van der Waals surface area contributed by atoms with Gasteiger partial charge in [0.1, 0.15) is 15.6 Å². The monoisotopic (exact) mass is 234 g/mol. The lowest BCUT2D eigenvalue weighted by molar-refractivity contribution is -0.119. The molecular weight excluding hydrogens is 212 g/mol. The molecule has 0 aromatic carbocycles. The van der Waals surface area contributed by atoms with Crippen LogP contribution in [0.5, 0.6) is 0 Å². The Bertz CT molecular complexity index is 278. The van der Waals surface area contributed by atoms with Gasteiger partial charge < -0.3 is 0 Å². The van der Waals surface area contributed by atoms with E-state index in [1.54, 1.807) is 6.92 Å². The Labute approximate surface area is 93.2 Å². The van der Waals surface area contributed by atoms with Crippen molar-refractivity contribution in [3.8, 4) is 0 Å². The lowest BCUT2D eigenvalue weighted by Crippen LogP contribution is -2.10. The molecule has 0 spiro atoms. The first-order valence-corrected chi connectivity index (χ1v) is 7.41. The molecular formula is C11H22O3S. The quantitative estimate of drug-likeness (QED) is 0.647. The molecule has 0 radical (unpaired) electrons. The number of Topliss-reactive ketones (excluding diaryl/α,β-unsaturated/α-hetero) is 1. The molecule has 0 aromatic heterocycles. The molecule has 0 aromatic rings. The van der Waals surface area contributed by atoms with Gasteiger partial charge in [0, 0.05) is 18.6 Å². The smallest absolute Gasteiger partial charge is 0.150 e. The zero-order valence-electron chi connectivity index (χ0n) is 9.95. The summed E-state index contributed by atoms with van der Waals surface area (Å²) < 4.78 is 22.3. The van der Waals surface area contributed by atoms with Crippen LogP contribution in [-0.2, 0) is 14.6 Å².